The number of rotatable bonds is 4. The smallest absolute Gasteiger partial charge is 0.0991 e. The third kappa shape index (κ3) is 3.40. The van der Waals surface area contributed by atoms with E-state index in [2.05, 4.69) is 36.3 Å². The molecule has 3 heteroatoms. The number of nitrogens with one attached hydrogen (secondary N) is 1. The maximum atomic E-state index is 8.93. The van der Waals surface area contributed by atoms with E-state index in [1.807, 2.05) is 36.5 Å². The minimum Gasteiger partial charge on any atom is -0.304 e. The molecule has 1 heterocycles. The van der Waals surface area contributed by atoms with Gasteiger partial charge in [-0.15, -0.1) is 0 Å². The number of nitriles is 1. The number of aromatic nitrogens is 1. The van der Waals surface area contributed by atoms with Gasteiger partial charge in [-0.05, 0) is 43.2 Å². The Bertz CT molecular complexity index is 572. The molecule has 0 bridgehead atoms. The Morgan fingerprint density at radius 3 is 2.53 bits per heavy atom. The summed E-state index contributed by atoms with van der Waals surface area (Å²) in [7, 11) is 0. The van der Waals surface area contributed by atoms with Gasteiger partial charge in [-0.1, -0.05) is 18.2 Å². The summed E-state index contributed by atoms with van der Waals surface area (Å²) in [5, 5.41) is 12.4. The second-order valence-electron chi connectivity index (χ2n) is 4.63. The predicted octanol–water partition coefficient (Wildman–Crippen LogP) is 3.37. The van der Waals surface area contributed by atoms with Gasteiger partial charge in [0, 0.05) is 24.5 Å². The maximum absolute atomic E-state index is 8.93. The Kier molecular flexibility index (Phi) is 4.27. The van der Waals surface area contributed by atoms with E-state index >= 15 is 0 Å². The molecular formula is C16H17N3. The van der Waals surface area contributed by atoms with Crippen LogP contribution in [0.2, 0.25) is 0 Å². The molecule has 19 heavy (non-hydrogen) atoms. The first kappa shape index (κ1) is 13.3. The van der Waals surface area contributed by atoms with Crippen molar-refractivity contribution in [3.63, 3.8) is 0 Å². The molecule has 1 aromatic carbocycles. The van der Waals surface area contributed by atoms with Crippen molar-refractivity contribution in [1.82, 2.24) is 10.3 Å². The van der Waals surface area contributed by atoms with E-state index in [1.54, 1.807) is 6.20 Å². The van der Waals surface area contributed by atoms with Crippen molar-refractivity contribution in [3.05, 3.63) is 65.5 Å². The summed E-state index contributed by atoms with van der Waals surface area (Å²) < 4.78 is 0. The first-order chi connectivity index (χ1) is 9.20. The molecular weight excluding hydrogens is 234 g/mol. The fraction of sp³-hybridized carbons (Fsp3) is 0.250. The van der Waals surface area contributed by atoms with Gasteiger partial charge < -0.3 is 5.32 Å². The molecule has 0 aliphatic rings. The van der Waals surface area contributed by atoms with Crippen LogP contribution in [-0.2, 0) is 0 Å². The van der Waals surface area contributed by atoms with Crippen molar-refractivity contribution in [2.75, 3.05) is 0 Å². The lowest BCUT2D eigenvalue weighted by Gasteiger charge is -2.20. The number of pyridine rings is 1. The van der Waals surface area contributed by atoms with Gasteiger partial charge in [0.15, 0.2) is 0 Å². The van der Waals surface area contributed by atoms with Gasteiger partial charge in [-0.25, -0.2) is 0 Å². The molecule has 96 valence electrons. The molecule has 1 N–H and O–H groups in total. The minimum absolute atomic E-state index is 0.184. The molecule has 2 atom stereocenters. The Morgan fingerprint density at radius 1 is 1.11 bits per heavy atom. The normalized spacial score (nSPS) is 13.5. The minimum atomic E-state index is 0.184. The van der Waals surface area contributed by atoms with Gasteiger partial charge in [-0.2, -0.15) is 5.26 Å². The average molecular weight is 251 g/mol. The van der Waals surface area contributed by atoms with E-state index in [1.165, 1.54) is 0 Å². The van der Waals surface area contributed by atoms with E-state index < -0.39 is 0 Å². The largest absolute Gasteiger partial charge is 0.304 e. The van der Waals surface area contributed by atoms with Gasteiger partial charge in [0.1, 0.15) is 0 Å². The fourth-order valence-corrected chi connectivity index (χ4v) is 2.08. The lowest BCUT2D eigenvalue weighted by molar-refractivity contribution is 0.493. The highest BCUT2D eigenvalue weighted by Gasteiger charge is 2.11. The van der Waals surface area contributed by atoms with Crippen molar-refractivity contribution >= 4 is 0 Å². The van der Waals surface area contributed by atoms with Crippen molar-refractivity contribution in [1.29, 1.82) is 5.26 Å². The summed E-state index contributed by atoms with van der Waals surface area (Å²) in [4.78, 5) is 4.13. The molecule has 0 spiro atoms. The number of hydrogen-bond acceptors (Lipinski definition) is 3. The first-order valence-electron chi connectivity index (χ1n) is 6.36. The quantitative estimate of drug-likeness (QED) is 0.906. The van der Waals surface area contributed by atoms with Crippen LogP contribution < -0.4 is 5.32 Å². The summed E-state index contributed by atoms with van der Waals surface area (Å²) in [5.41, 5.74) is 2.97. The second kappa shape index (κ2) is 6.12. The highest BCUT2D eigenvalue weighted by molar-refractivity contribution is 5.34. The Balaban J connectivity index is 2.08. The highest BCUT2D eigenvalue weighted by atomic mass is 14.9. The summed E-state index contributed by atoms with van der Waals surface area (Å²) in [5.74, 6) is 0. The van der Waals surface area contributed by atoms with E-state index in [9.17, 15) is 0 Å². The second-order valence-corrected chi connectivity index (χ2v) is 4.63. The van der Waals surface area contributed by atoms with E-state index in [0.717, 1.165) is 11.1 Å². The summed E-state index contributed by atoms with van der Waals surface area (Å²) in [6.45, 7) is 4.21. The van der Waals surface area contributed by atoms with Crippen molar-refractivity contribution in [3.8, 4) is 6.07 Å². The maximum Gasteiger partial charge on any atom is 0.0991 e. The topological polar surface area (TPSA) is 48.7 Å². The monoisotopic (exact) mass is 251 g/mol. The van der Waals surface area contributed by atoms with E-state index in [-0.39, 0.29) is 12.1 Å². The van der Waals surface area contributed by atoms with Gasteiger partial charge >= 0.3 is 0 Å². The van der Waals surface area contributed by atoms with Crippen LogP contribution in [-0.4, -0.2) is 4.98 Å². The average Bonchev–Trinajstić information content (AvgIpc) is 2.48. The van der Waals surface area contributed by atoms with Crippen LogP contribution in [0.15, 0.2) is 48.8 Å². The molecule has 1 aromatic heterocycles. The molecule has 0 aliphatic heterocycles. The zero-order valence-electron chi connectivity index (χ0n) is 11.2. The van der Waals surface area contributed by atoms with Crippen LogP contribution >= 0.6 is 0 Å². The van der Waals surface area contributed by atoms with E-state index in [0.29, 0.717) is 5.56 Å². The molecule has 3 nitrogen and oxygen atoms in total. The van der Waals surface area contributed by atoms with Crippen LogP contribution in [0.25, 0.3) is 0 Å². The molecule has 2 rings (SSSR count). The first-order valence-corrected chi connectivity index (χ1v) is 6.36. The van der Waals surface area contributed by atoms with Crippen LogP contribution in [0.1, 0.15) is 42.6 Å². The third-order valence-electron chi connectivity index (χ3n) is 3.20. The molecule has 1 unspecified atom stereocenters. The molecule has 0 radical (unpaired) electrons. The Hall–Kier alpha value is -2.18. The van der Waals surface area contributed by atoms with Gasteiger partial charge in [0.25, 0.3) is 0 Å². The van der Waals surface area contributed by atoms with Crippen molar-refractivity contribution < 1.29 is 0 Å². The zero-order valence-corrected chi connectivity index (χ0v) is 11.2. The highest BCUT2D eigenvalue weighted by Crippen LogP contribution is 2.19. The van der Waals surface area contributed by atoms with Gasteiger partial charge in [0.05, 0.1) is 11.6 Å². The van der Waals surface area contributed by atoms with E-state index in [4.69, 9.17) is 5.26 Å². The number of hydrogen-bond donors (Lipinski definition) is 1. The molecule has 0 saturated heterocycles. The zero-order chi connectivity index (χ0) is 13.7. The lowest BCUT2D eigenvalue weighted by atomic mass is 10.0. The molecule has 0 amide bonds. The SMILES string of the molecule is CC(N[C@H](C)c1cccnc1)c1cccc(C#N)c1. The van der Waals surface area contributed by atoms with Gasteiger partial charge in [0.2, 0.25) is 0 Å². The van der Waals surface area contributed by atoms with Crippen LogP contribution in [0.4, 0.5) is 0 Å². The summed E-state index contributed by atoms with van der Waals surface area (Å²) >= 11 is 0. The molecule has 2 aromatic rings. The van der Waals surface area contributed by atoms with Crippen LogP contribution in [0.3, 0.4) is 0 Å². The number of nitrogens with zero attached hydrogens (tertiary/aromatic N) is 2. The third-order valence-corrected chi connectivity index (χ3v) is 3.20. The van der Waals surface area contributed by atoms with Crippen molar-refractivity contribution in [2.24, 2.45) is 0 Å². The lowest BCUT2D eigenvalue weighted by Crippen LogP contribution is -2.22. The van der Waals surface area contributed by atoms with Crippen LogP contribution in [0, 0.1) is 11.3 Å². The molecule has 0 saturated carbocycles. The summed E-state index contributed by atoms with van der Waals surface area (Å²) in [6.07, 6.45) is 3.64. The van der Waals surface area contributed by atoms with Crippen LogP contribution in [0.5, 0.6) is 0 Å². The van der Waals surface area contributed by atoms with Crippen molar-refractivity contribution in [2.45, 2.75) is 25.9 Å². The predicted molar refractivity (Wildman–Crippen MR) is 75.4 cm³/mol. The Labute approximate surface area is 113 Å². The summed E-state index contributed by atoms with van der Waals surface area (Å²) in [6, 6.07) is 14.3. The number of benzene rings is 1. The fourth-order valence-electron chi connectivity index (χ4n) is 2.08. The standard InChI is InChI=1S/C16H17N3/c1-12(15-6-3-5-14(9-15)10-17)19-13(2)16-7-4-8-18-11-16/h3-9,11-13,19H,1-2H3/t12?,13-/m1/s1. The molecule has 0 aliphatic carbocycles. The van der Waals surface area contributed by atoms with Gasteiger partial charge in [-0.3, -0.25) is 4.98 Å². The Morgan fingerprint density at radius 2 is 1.84 bits per heavy atom. The molecule has 0 fully saturated rings.